The van der Waals surface area contributed by atoms with Gasteiger partial charge in [0.25, 0.3) is 5.56 Å². The van der Waals surface area contributed by atoms with Gasteiger partial charge in [-0.2, -0.15) is 15.3 Å². The lowest BCUT2D eigenvalue weighted by Crippen LogP contribution is -2.47. The van der Waals surface area contributed by atoms with E-state index in [1.807, 2.05) is 12.1 Å². The number of anilines is 3. The zero-order chi connectivity index (χ0) is 27.3. The predicted octanol–water partition coefficient (Wildman–Crippen LogP) is 0.630. The van der Waals surface area contributed by atoms with E-state index in [0.29, 0.717) is 48.2 Å². The zero-order valence-electron chi connectivity index (χ0n) is 22.2. The number of aromatic nitrogens is 4. The fourth-order valence-electron chi connectivity index (χ4n) is 5.46. The zero-order valence-corrected chi connectivity index (χ0v) is 22.2. The molecule has 208 valence electrons. The molecule has 0 amide bonds. The third-order valence-corrected chi connectivity index (χ3v) is 7.72. The number of hydrogen-bond donors (Lipinski definition) is 5. The number of hydrazine groups is 2. The van der Waals surface area contributed by atoms with E-state index in [2.05, 4.69) is 75.0 Å². The van der Waals surface area contributed by atoms with E-state index >= 15 is 0 Å². The van der Waals surface area contributed by atoms with Crippen molar-refractivity contribution in [1.29, 1.82) is 5.26 Å². The van der Waals surface area contributed by atoms with Gasteiger partial charge in [0.1, 0.15) is 22.6 Å². The van der Waals surface area contributed by atoms with Crippen molar-refractivity contribution in [2.45, 2.75) is 25.8 Å². The van der Waals surface area contributed by atoms with Crippen LogP contribution in [0.15, 0.2) is 40.4 Å². The average molecular weight is 544 g/mol. The van der Waals surface area contributed by atoms with E-state index in [9.17, 15) is 4.79 Å². The van der Waals surface area contributed by atoms with Crippen LogP contribution in [0.25, 0.3) is 10.9 Å². The maximum absolute atomic E-state index is 12.7. The molecule has 2 saturated heterocycles. The van der Waals surface area contributed by atoms with Gasteiger partial charge >= 0.3 is 0 Å². The van der Waals surface area contributed by atoms with Crippen LogP contribution < -0.4 is 32.3 Å². The Hall–Kier alpha value is -4.32. The second kappa shape index (κ2) is 11.8. The highest BCUT2D eigenvalue weighted by Gasteiger charge is 2.23. The number of aromatic amines is 1. The van der Waals surface area contributed by atoms with Gasteiger partial charge in [0.05, 0.1) is 18.8 Å². The van der Waals surface area contributed by atoms with Crippen molar-refractivity contribution in [1.82, 2.24) is 46.5 Å². The Morgan fingerprint density at radius 1 is 1.02 bits per heavy atom. The van der Waals surface area contributed by atoms with Crippen LogP contribution in [0.3, 0.4) is 0 Å². The Morgan fingerprint density at radius 3 is 2.55 bits per heavy atom. The molecule has 6 rings (SSSR count). The molecule has 0 radical (unpaired) electrons. The summed E-state index contributed by atoms with van der Waals surface area (Å²) >= 11 is 0. The van der Waals surface area contributed by atoms with Gasteiger partial charge in [0.2, 0.25) is 5.95 Å². The number of hydrogen-bond acceptors (Lipinski definition) is 13. The Balaban J connectivity index is 1.11. The third-order valence-electron chi connectivity index (χ3n) is 7.72. The number of fused-ring (bicyclic) bond motifs is 1. The van der Waals surface area contributed by atoms with E-state index in [-0.39, 0.29) is 5.56 Å². The summed E-state index contributed by atoms with van der Waals surface area (Å²) in [4.78, 5) is 28.7. The second-order valence-electron chi connectivity index (χ2n) is 10.4. The van der Waals surface area contributed by atoms with Gasteiger partial charge in [-0.3, -0.25) is 20.0 Å². The minimum Gasteiger partial charge on any atom is -0.339 e. The lowest BCUT2D eigenvalue weighted by molar-refractivity contribution is 0.180. The van der Waals surface area contributed by atoms with Crippen molar-refractivity contribution in [3.8, 4) is 6.07 Å². The van der Waals surface area contributed by atoms with Crippen molar-refractivity contribution in [2.24, 2.45) is 11.0 Å². The predicted molar refractivity (Wildman–Crippen MR) is 151 cm³/mol. The summed E-state index contributed by atoms with van der Waals surface area (Å²) in [6, 6.07) is 10.5. The molecule has 2 fully saturated rings. The lowest BCUT2D eigenvalue weighted by atomic mass is 9.93. The van der Waals surface area contributed by atoms with Gasteiger partial charge in [-0.05, 0) is 49.5 Å². The molecule has 5 heterocycles. The lowest BCUT2D eigenvalue weighted by Gasteiger charge is -2.33. The quantitative estimate of drug-likeness (QED) is 0.252. The van der Waals surface area contributed by atoms with Crippen LogP contribution in [0.2, 0.25) is 0 Å². The first-order chi connectivity index (χ1) is 19.6. The normalized spacial score (nSPS) is 18.7. The number of nitriles is 1. The summed E-state index contributed by atoms with van der Waals surface area (Å²) in [6.07, 6.45) is 4.82. The summed E-state index contributed by atoms with van der Waals surface area (Å²) in [5, 5.41) is 23.3. The van der Waals surface area contributed by atoms with Crippen LogP contribution >= 0.6 is 0 Å². The number of rotatable bonds is 8. The summed E-state index contributed by atoms with van der Waals surface area (Å²) < 4.78 is 0. The van der Waals surface area contributed by atoms with Crippen LogP contribution in [0.1, 0.15) is 24.8 Å². The highest BCUT2D eigenvalue weighted by atomic mass is 16.1. The van der Waals surface area contributed by atoms with Crippen molar-refractivity contribution in [3.63, 3.8) is 0 Å². The molecule has 40 heavy (non-hydrogen) atoms. The number of nitrogens with one attached hydrogen (secondary N) is 5. The van der Waals surface area contributed by atoms with Crippen molar-refractivity contribution < 1.29 is 0 Å². The highest BCUT2D eigenvalue weighted by molar-refractivity contribution is 5.90. The molecule has 0 saturated carbocycles. The number of piperidine rings is 1. The van der Waals surface area contributed by atoms with E-state index < -0.39 is 0 Å². The number of piperazine rings is 1. The van der Waals surface area contributed by atoms with Crippen LogP contribution in [-0.2, 0) is 6.54 Å². The SMILES string of the molecule is N#CCN1CCN(c2nc(Nc3ccc(CN4CCC(CC5=NNNN5)CC4)cc3)c3c(=O)[nH]ncc3n2)CC1. The number of nitrogens with zero attached hydrogens (tertiary/aromatic N) is 8. The van der Waals surface area contributed by atoms with E-state index in [1.54, 1.807) is 6.20 Å². The number of benzene rings is 1. The van der Waals surface area contributed by atoms with Crippen molar-refractivity contribution in [3.05, 3.63) is 46.4 Å². The first-order valence-corrected chi connectivity index (χ1v) is 13.7. The first kappa shape index (κ1) is 25.9. The van der Waals surface area contributed by atoms with Crippen molar-refractivity contribution in [2.75, 3.05) is 56.0 Å². The fourth-order valence-corrected chi connectivity index (χ4v) is 5.46. The average Bonchev–Trinajstić information content (AvgIpc) is 3.49. The molecular weight excluding hydrogens is 510 g/mol. The van der Waals surface area contributed by atoms with Crippen molar-refractivity contribution >= 4 is 34.2 Å². The smallest absolute Gasteiger partial charge is 0.277 e. The Bertz CT molecular complexity index is 1450. The molecule has 0 aliphatic carbocycles. The fraction of sp³-hybridized carbons (Fsp3) is 0.462. The van der Waals surface area contributed by atoms with E-state index in [0.717, 1.165) is 63.5 Å². The van der Waals surface area contributed by atoms with E-state index in [4.69, 9.17) is 10.2 Å². The van der Waals surface area contributed by atoms with Gasteiger partial charge in [-0.15, -0.1) is 10.6 Å². The molecular formula is C26H33N13O. The van der Waals surface area contributed by atoms with Crippen LogP contribution in [0, 0.1) is 17.2 Å². The largest absolute Gasteiger partial charge is 0.339 e. The molecule has 3 aromatic rings. The van der Waals surface area contributed by atoms with Crippen LogP contribution in [-0.4, -0.2) is 81.6 Å². The standard InChI is InChI=1S/C26H33N13O/c27-7-10-37-11-13-39(14-12-37)26-30-21-16-28-34-25(40)23(21)24(31-26)29-20-3-1-19(2-4-20)17-38-8-5-18(6-9-38)15-22-32-35-36-33-22/h1-4,16,18,35-36H,5-6,8-15,17H2,(H,32,33)(H,34,40)(H,29,30,31). The first-order valence-electron chi connectivity index (χ1n) is 13.7. The third kappa shape index (κ3) is 5.96. The Kier molecular flexibility index (Phi) is 7.67. The Morgan fingerprint density at radius 2 is 1.82 bits per heavy atom. The van der Waals surface area contributed by atoms with Gasteiger partial charge in [0.15, 0.2) is 0 Å². The summed E-state index contributed by atoms with van der Waals surface area (Å²) in [5.41, 5.74) is 10.8. The number of H-pyrrole nitrogens is 1. The molecule has 5 N–H and O–H groups in total. The number of likely N-dealkylation sites (tertiary alicyclic amines) is 1. The van der Waals surface area contributed by atoms with Gasteiger partial charge in [-0.25, -0.2) is 15.6 Å². The van der Waals surface area contributed by atoms with Gasteiger partial charge in [0, 0.05) is 44.8 Å². The summed E-state index contributed by atoms with van der Waals surface area (Å²) in [5.74, 6) is 2.61. The maximum atomic E-state index is 12.7. The molecule has 0 spiro atoms. The molecule has 3 aliphatic rings. The molecule has 0 bridgehead atoms. The monoisotopic (exact) mass is 543 g/mol. The topological polar surface area (TPSA) is 166 Å². The van der Waals surface area contributed by atoms with Gasteiger partial charge in [-0.1, -0.05) is 12.1 Å². The second-order valence-corrected chi connectivity index (χ2v) is 10.4. The molecule has 0 unspecified atom stereocenters. The van der Waals surface area contributed by atoms with Crippen LogP contribution in [0.4, 0.5) is 17.5 Å². The number of amidine groups is 1. The van der Waals surface area contributed by atoms with Gasteiger partial charge < -0.3 is 10.2 Å². The molecule has 3 aliphatic heterocycles. The molecule has 1 aromatic carbocycles. The molecule has 2 aromatic heterocycles. The van der Waals surface area contributed by atoms with E-state index in [1.165, 1.54) is 5.56 Å². The molecule has 0 atom stereocenters. The minimum atomic E-state index is -0.339. The minimum absolute atomic E-state index is 0.339. The Labute approximate surface area is 231 Å². The summed E-state index contributed by atoms with van der Waals surface area (Å²) in [7, 11) is 0. The van der Waals surface area contributed by atoms with Crippen LogP contribution in [0.5, 0.6) is 0 Å². The maximum Gasteiger partial charge on any atom is 0.277 e. The number of hydrazone groups is 1. The summed E-state index contributed by atoms with van der Waals surface area (Å²) in [6.45, 7) is 6.37. The molecule has 14 heteroatoms. The highest BCUT2D eigenvalue weighted by Crippen LogP contribution is 2.26. The molecule has 14 nitrogen and oxygen atoms in total.